The summed E-state index contributed by atoms with van der Waals surface area (Å²) in [6.45, 7) is 0. The summed E-state index contributed by atoms with van der Waals surface area (Å²) in [6.07, 6.45) is 3.32. The minimum Gasteiger partial charge on any atom is -0.440 e. The van der Waals surface area contributed by atoms with Crippen LogP contribution >= 0.6 is 0 Å². The van der Waals surface area contributed by atoms with E-state index in [1.807, 2.05) is 18.2 Å². The SMILES string of the molecule is N#CC1=C(N)Oc2cc(OC(=O)c3ccccc3)ccc2C1c1ccncc1. The van der Waals surface area contributed by atoms with Crippen LogP contribution in [-0.2, 0) is 0 Å². The van der Waals surface area contributed by atoms with Crippen LogP contribution in [0, 0.1) is 11.3 Å². The van der Waals surface area contributed by atoms with Gasteiger partial charge in [-0.25, -0.2) is 4.79 Å². The van der Waals surface area contributed by atoms with Crippen molar-refractivity contribution in [1.29, 1.82) is 5.26 Å². The van der Waals surface area contributed by atoms with E-state index in [0.717, 1.165) is 11.1 Å². The van der Waals surface area contributed by atoms with E-state index in [1.54, 1.807) is 54.9 Å². The third kappa shape index (κ3) is 3.17. The average molecular weight is 369 g/mol. The molecule has 6 nitrogen and oxygen atoms in total. The van der Waals surface area contributed by atoms with Crippen molar-refractivity contribution in [2.24, 2.45) is 5.73 Å². The normalized spacial score (nSPS) is 15.2. The fourth-order valence-electron chi connectivity index (χ4n) is 3.14. The van der Waals surface area contributed by atoms with E-state index in [4.69, 9.17) is 15.2 Å². The number of pyridine rings is 1. The van der Waals surface area contributed by atoms with E-state index in [1.165, 1.54) is 0 Å². The van der Waals surface area contributed by atoms with Gasteiger partial charge in [0.2, 0.25) is 5.88 Å². The first-order valence-corrected chi connectivity index (χ1v) is 8.56. The summed E-state index contributed by atoms with van der Waals surface area (Å²) in [7, 11) is 0. The second-order valence-corrected chi connectivity index (χ2v) is 6.16. The number of nitrogens with zero attached hydrogens (tertiary/aromatic N) is 2. The highest BCUT2D eigenvalue weighted by atomic mass is 16.5. The Labute approximate surface area is 161 Å². The molecule has 4 rings (SSSR count). The molecule has 1 aliphatic rings. The number of carbonyl (C=O) groups is 1. The average Bonchev–Trinajstić information content (AvgIpc) is 2.74. The molecule has 6 heteroatoms. The third-order valence-electron chi connectivity index (χ3n) is 4.45. The molecule has 1 aliphatic heterocycles. The summed E-state index contributed by atoms with van der Waals surface area (Å²) in [6, 6.07) is 19.5. The van der Waals surface area contributed by atoms with Gasteiger partial charge in [0.25, 0.3) is 0 Å². The van der Waals surface area contributed by atoms with Crippen LogP contribution < -0.4 is 15.2 Å². The van der Waals surface area contributed by atoms with Gasteiger partial charge in [-0.15, -0.1) is 0 Å². The van der Waals surface area contributed by atoms with Gasteiger partial charge in [0.15, 0.2) is 0 Å². The quantitative estimate of drug-likeness (QED) is 0.560. The maximum absolute atomic E-state index is 12.3. The molecule has 1 aromatic heterocycles. The van der Waals surface area contributed by atoms with Crippen molar-refractivity contribution in [1.82, 2.24) is 4.98 Å². The molecule has 0 spiro atoms. The third-order valence-corrected chi connectivity index (χ3v) is 4.45. The Bertz CT molecular complexity index is 1100. The van der Waals surface area contributed by atoms with E-state index < -0.39 is 5.97 Å². The van der Waals surface area contributed by atoms with Crippen molar-refractivity contribution >= 4 is 5.97 Å². The molecule has 0 fully saturated rings. The smallest absolute Gasteiger partial charge is 0.343 e. The Morgan fingerprint density at radius 1 is 1.11 bits per heavy atom. The number of allylic oxidation sites excluding steroid dienone is 1. The van der Waals surface area contributed by atoms with Gasteiger partial charge in [-0.3, -0.25) is 4.98 Å². The molecule has 1 unspecified atom stereocenters. The molecule has 1 atom stereocenters. The zero-order chi connectivity index (χ0) is 19.5. The lowest BCUT2D eigenvalue weighted by molar-refractivity contribution is 0.0734. The standard InChI is InChI=1S/C22H15N3O3/c23-13-18-20(14-8-10-25-11-9-14)17-7-6-16(12-19(17)28-21(18)24)27-22(26)15-4-2-1-3-5-15/h1-12,20H,24H2. The van der Waals surface area contributed by atoms with E-state index in [-0.39, 0.29) is 11.8 Å². The molecule has 0 amide bonds. The lowest BCUT2D eigenvalue weighted by atomic mass is 9.84. The molecular formula is C22H15N3O3. The van der Waals surface area contributed by atoms with E-state index in [9.17, 15) is 10.1 Å². The maximum atomic E-state index is 12.3. The molecule has 2 aromatic carbocycles. The van der Waals surface area contributed by atoms with Gasteiger partial charge >= 0.3 is 5.97 Å². The summed E-state index contributed by atoms with van der Waals surface area (Å²) in [5.41, 5.74) is 8.39. The Kier molecular flexibility index (Phi) is 4.48. The first-order valence-electron chi connectivity index (χ1n) is 8.56. The predicted molar refractivity (Wildman–Crippen MR) is 101 cm³/mol. The molecule has 0 saturated carbocycles. The molecule has 28 heavy (non-hydrogen) atoms. The Hall–Kier alpha value is -4.11. The highest BCUT2D eigenvalue weighted by Crippen LogP contribution is 2.43. The number of carbonyl (C=O) groups excluding carboxylic acids is 1. The van der Waals surface area contributed by atoms with Crippen LogP contribution in [0.1, 0.15) is 27.4 Å². The molecular weight excluding hydrogens is 354 g/mol. The summed E-state index contributed by atoms with van der Waals surface area (Å²) in [4.78, 5) is 16.3. The number of fused-ring (bicyclic) bond motifs is 1. The maximum Gasteiger partial charge on any atom is 0.343 e. The van der Waals surface area contributed by atoms with Gasteiger partial charge in [0.05, 0.1) is 11.5 Å². The summed E-state index contributed by atoms with van der Waals surface area (Å²) in [5, 5.41) is 9.57. The van der Waals surface area contributed by atoms with Gasteiger partial charge in [0, 0.05) is 24.0 Å². The number of aromatic nitrogens is 1. The predicted octanol–water partition coefficient (Wildman–Crippen LogP) is 3.52. The Morgan fingerprint density at radius 3 is 2.57 bits per heavy atom. The van der Waals surface area contributed by atoms with E-state index in [2.05, 4.69) is 11.1 Å². The van der Waals surface area contributed by atoms with Gasteiger partial charge < -0.3 is 15.2 Å². The van der Waals surface area contributed by atoms with Crippen molar-refractivity contribution in [3.05, 3.63) is 101 Å². The van der Waals surface area contributed by atoms with Gasteiger partial charge in [0.1, 0.15) is 23.1 Å². The van der Waals surface area contributed by atoms with Gasteiger partial charge in [-0.1, -0.05) is 24.3 Å². The molecule has 0 radical (unpaired) electrons. The second kappa shape index (κ2) is 7.25. The minimum absolute atomic E-state index is 0.0309. The fraction of sp³-hybridized carbons (Fsp3) is 0.0455. The Morgan fingerprint density at radius 2 is 1.86 bits per heavy atom. The van der Waals surface area contributed by atoms with Crippen LogP contribution in [0.25, 0.3) is 0 Å². The number of esters is 1. The first-order chi connectivity index (χ1) is 13.7. The number of hydrogen-bond donors (Lipinski definition) is 1. The number of benzene rings is 2. The number of nitrogens with two attached hydrogens (primary N) is 1. The van der Waals surface area contributed by atoms with Crippen LogP contribution in [0.15, 0.2) is 84.5 Å². The molecule has 0 saturated heterocycles. The summed E-state index contributed by atoms with van der Waals surface area (Å²) in [5.74, 6) is -0.0480. The number of nitriles is 1. The highest BCUT2D eigenvalue weighted by molar-refractivity contribution is 5.91. The molecule has 3 aromatic rings. The van der Waals surface area contributed by atoms with Gasteiger partial charge in [-0.05, 0) is 35.9 Å². The number of rotatable bonds is 3. The fourth-order valence-corrected chi connectivity index (χ4v) is 3.14. The number of hydrogen-bond acceptors (Lipinski definition) is 6. The Balaban J connectivity index is 1.70. The van der Waals surface area contributed by atoms with Crippen molar-refractivity contribution in [3.8, 4) is 17.6 Å². The molecule has 0 aliphatic carbocycles. The van der Waals surface area contributed by atoms with Crippen LogP contribution in [-0.4, -0.2) is 11.0 Å². The van der Waals surface area contributed by atoms with Crippen LogP contribution in [0.3, 0.4) is 0 Å². The zero-order valence-corrected chi connectivity index (χ0v) is 14.7. The molecule has 136 valence electrons. The van der Waals surface area contributed by atoms with Crippen molar-refractivity contribution in [2.45, 2.75) is 5.92 Å². The summed E-state index contributed by atoms with van der Waals surface area (Å²) >= 11 is 0. The zero-order valence-electron chi connectivity index (χ0n) is 14.7. The highest BCUT2D eigenvalue weighted by Gasteiger charge is 2.31. The van der Waals surface area contributed by atoms with Crippen molar-refractivity contribution in [2.75, 3.05) is 0 Å². The topological polar surface area (TPSA) is 98.2 Å². The molecule has 2 heterocycles. The van der Waals surface area contributed by atoms with Crippen molar-refractivity contribution < 1.29 is 14.3 Å². The largest absolute Gasteiger partial charge is 0.440 e. The minimum atomic E-state index is -0.469. The monoisotopic (exact) mass is 369 g/mol. The van der Waals surface area contributed by atoms with Crippen LogP contribution in [0.2, 0.25) is 0 Å². The van der Waals surface area contributed by atoms with E-state index >= 15 is 0 Å². The molecule has 2 N–H and O–H groups in total. The van der Waals surface area contributed by atoms with Gasteiger partial charge in [-0.2, -0.15) is 5.26 Å². The van der Waals surface area contributed by atoms with E-state index in [0.29, 0.717) is 22.6 Å². The first kappa shape index (κ1) is 17.3. The molecule has 0 bridgehead atoms. The second-order valence-electron chi connectivity index (χ2n) is 6.16. The van der Waals surface area contributed by atoms with Crippen LogP contribution in [0.4, 0.5) is 0 Å². The number of ether oxygens (including phenoxy) is 2. The summed E-state index contributed by atoms with van der Waals surface area (Å²) < 4.78 is 11.1. The lowest BCUT2D eigenvalue weighted by Gasteiger charge is -2.26. The van der Waals surface area contributed by atoms with Crippen molar-refractivity contribution in [3.63, 3.8) is 0 Å². The lowest BCUT2D eigenvalue weighted by Crippen LogP contribution is -2.21. The van der Waals surface area contributed by atoms with Crippen LogP contribution in [0.5, 0.6) is 11.5 Å².